The molecule has 0 aliphatic carbocycles. The number of hydrogen-bond acceptors (Lipinski definition) is 2. The van der Waals surface area contributed by atoms with E-state index < -0.39 is 0 Å². The van der Waals surface area contributed by atoms with E-state index in [1.54, 1.807) is 23.5 Å². The number of carbonyl (C=O) groups is 1. The Hall–Kier alpha value is -1.94. The standard InChI is InChI=1S/C15H12FNOS/c1-2-9-6-7-13(19-9)15-11(8-18)10-4-3-5-12(16)14(10)17-15/h3-8,17H,2H2,1H3. The van der Waals surface area contributed by atoms with Gasteiger partial charge in [0, 0.05) is 15.8 Å². The first-order valence-corrected chi connectivity index (χ1v) is 6.90. The Labute approximate surface area is 113 Å². The Morgan fingerprint density at radius 3 is 2.84 bits per heavy atom. The quantitative estimate of drug-likeness (QED) is 0.704. The molecule has 2 heterocycles. The van der Waals surface area contributed by atoms with Crippen molar-refractivity contribution in [2.45, 2.75) is 13.3 Å². The van der Waals surface area contributed by atoms with Gasteiger partial charge in [-0.3, -0.25) is 4.79 Å². The smallest absolute Gasteiger partial charge is 0.152 e. The summed E-state index contributed by atoms with van der Waals surface area (Å²) >= 11 is 1.62. The minimum absolute atomic E-state index is 0.334. The summed E-state index contributed by atoms with van der Waals surface area (Å²) in [4.78, 5) is 16.6. The summed E-state index contributed by atoms with van der Waals surface area (Å²) in [6.07, 6.45) is 1.74. The van der Waals surface area contributed by atoms with Crippen molar-refractivity contribution in [3.8, 4) is 10.6 Å². The Kier molecular flexibility index (Phi) is 2.95. The highest BCUT2D eigenvalue weighted by atomic mass is 32.1. The number of para-hydroxylation sites is 1. The molecule has 0 unspecified atom stereocenters. The van der Waals surface area contributed by atoms with Crippen molar-refractivity contribution >= 4 is 28.5 Å². The molecule has 0 bridgehead atoms. The first-order chi connectivity index (χ1) is 9.24. The minimum Gasteiger partial charge on any atom is -0.351 e. The SMILES string of the molecule is CCc1ccc(-c2[nH]c3c(F)cccc3c2C=O)s1. The number of benzene rings is 1. The van der Waals surface area contributed by atoms with Crippen LogP contribution >= 0.6 is 11.3 Å². The number of carbonyl (C=O) groups excluding carboxylic acids is 1. The second kappa shape index (κ2) is 4.63. The van der Waals surface area contributed by atoms with Crippen molar-refractivity contribution in [3.05, 3.63) is 46.6 Å². The fourth-order valence-corrected chi connectivity index (χ4v) is 3.18. The summed E-state index contributed by atoms with van der Waals surface area (Å²) in [5.74, 6) is -0.334. The lowest BCUT2D eigenvalue weighted by Crippen LogP contribution is -1.80. The second-order valence-corrected chi connectivity index (χ2v) is 5.48. The number of H-pyrrole nitrogens is 1. The summed E-state index contributed by atoms with van der Waals surface area (Å²) in [6, 6.07) is 8.78. The molecule has 0 saturated carbocycles. The summed E-state index contributed by atoms with van der Waals surface area (Å²) in [5.41, 5.74) is 1.63. The Balaban J connectivity index is 2.28. The van der Waals surface area contributed by atoms with Gasteiger partial charge in [0.2, 0.25) is 0 Å². The van der Waals surface area contributed by atoms with Crippen molar-refractivity contribution in [2.24, 2.45) is 0 Å². The molecule has 1 aromatic carbocycles. The maximum Gasteiger partial charge on any atom is 0.152 e. The van der Waals surface area contributed by atoms with Gasteiger partial charge in [-0.1, -0.05) is 19.1 Å². The number of aromatic amines is 1. The Morgan fingerprint density at radius 1 is 1.32 bits per heavy atom. The van der Waals surface area contributed by atoms with Crippen molar-refractivity contribution in [1.29, 1.82) is 0 Å². The normalized spacial score (nSPS) is 11.1. The third-order valence-corrected chi connectivity index (χ3v) is 4.44. The van der Waals surface area contributed by atoms with Crippen molar-refractivity contribution in [3.63, 3.8) is 0 Å². The molecule has 3 rings (SSSR count). The number of rotatable bonds is 3. The lowest BCUT2D eigenvalue weighted by molar-refractivity contribution is 0.112. The van der Waals surface area contributed by atoms with Crippen LogP contribution in [0.4, 0.5) is 4.39 Å². The molecule has 0 amide bonds. The Bertz CT molecular complexity index is 757. The zero-order chi connectivity index (χ0) is 13.4. The van der Waals surface area contributed by atoms with E-state index in [0.29, 0.717) is 22.2 Å². The number of aromatic nitrogens is 1. The van der Waals surface area contributed by atoms with Crippen molar-refractivity contribution < 1.29 is 9.18 Å². The summed E-state index contributed by atoms with van der Waals surface area (Å²) in [5, 5.41) is 0.636. The fraction of sp³-hybridized carbons (Fsp3) is 0.133. The van der Waals surface area contributed by atoms with Crippen LogP contribution in [0, 0.1) is 5.82 Å². The van der Waals surface area contributed by atoms with E-state index in [4.69, 9.17) is 0 Å². The maximum absolute atomic E-state index is 13.8. The largest absolute Gasteiger partial charge is 0.351 e. The molecular formula is C15H12FNOS. The Morgan fingerprint density at radius 2 is 2.16 bits per heavy atom. The van der Waals surface area contributed by atoms with Crippen LogP contribution in [0.2, 0.25) is 0 Å². The molecule has 96 valence electrons. The monoisotopic (exact) mass is 273 g/mol. The van der Waals surface area contributed by atoms with Crippen LogP contribution in [0.3, 0.4) is 0 Å². The van der Waals surface area contributed by atoms with Crippen LogP contribution in [-0.2, 0) is 6.42 Å². The number of hydrogen-bond donors (Lipinski definition) is 1. The molecule has 0 fully saturated rings. The number of aldehydes is 1. The van der Waals surface area contributed by atoms with Gasteiger partial charge >= 0.3 is 0 Å². The molecule has 0 saturated heterocycles. The predicted molar refractivity (Wildman–Crippen MR) is 76.3 cm³/mol. The number of fused-ring (bicyclic) bond motifs is 1. The van der Waals surface area contributed by atoms with Crippen LogP contribution in [0.15, 0.2) is 30.3 Å². The third-order valence-electron chi connectivity index (χ3n) is 3.20. The highest BCUT2D eigenvalue weighted by molar-refractivity contribution is 7.15. The molecular weight excluding hydrogens is 261 g/mol. The summed E-state index contributed by atoms with van der Waals surface area (Å²) < 4.78 is 13.8. The fourth-order valence-electron chi connectivity index (χ4n) is 2.22. The van der Waals surface area contributed by atoms with E-state index in [1.165, 1.54) is 10.9 Å². The van der Waals surface area contributed by atoms with E-state index in [2.05, 4.69) is 11.9 Å². The molecule has 4 heteroatoms. The zero-order valence-corrected chi connectivity index (χ0v) is 11.2. The number of nitrogens with one attached hydrogen (secondary N) is 1. The molecule has 0 spiro atoms. The topological polar surface area (TPSA) is 32.9 Å². The lowest BCUT2D eigenvalue weighted by Gasteiger charge is -1.94. The minimum atomic E-state index is -0.334. The lowest BCUT2D eigenvalue weighted by atomic mass is 10.1. The first kappa shape index (κ1) is 12.1. The molecule has 2 nitrogen and oxygen atoms in total. The first-order valence-electron chi connectivity index (χ1n) is 6.09. The highest BCUT2D eigenvalue weighted by Crippen LogP contribution is 2.34. The third kappa shape index (κ3) is 1.88. The van der Waals surface area contributed by atoms with E-state index in [9.17, 15) is 9.18 Å². The van der Waals surface area contributed by atoms with E-state index in [0.717, 1.165) is 17.6 Å². The van der Waals surface area contributed by atoms with Crippen molar-refractivity contribution in [1.82, 2.24) is 4.98 Å². The molecule has 2 aromatic heterocycles. The predicted octanol–water partition coefficient (Wildman–Crippen LogP) is 4.41. The van der Waals surface area contributed by atoms with Crippen LogP contribution in [0.1, 0.15) is 22.2 Å². The van der Waals surface area contributed by atoms with Gasteiger partial charge in [0.1, 0.15) is 5.82 Å². The molecule has 0 aliphatic heterocycles. The second-order valence-electron chi connectivity index (χ2n) is 4.31. The number of halogens is 1. The van der Waals surface area contributed by atoms with Gasteiger partial charge < -0.3 is 4.98 Å². The van der Waals surface area contributed by atoms with Crippen LogP contribution < -0.4 is 0 Å². The molecule has 0 aliphatic rings. The van der Waals surface area contributed by atoms with E-state index in [1.807, 2.05) is 12.1 Å². The van der Waals surface area contributed by atoms with Crippen LogP contribution in [0.5, 0.6) is 0 Å². The zero-order valence-electron chi connectivity index (χ0n) is 10.4. The highest BCUT2D eigenvalue weighted by Gasteiger charge is 2.16. The molecule has 0 radical (unpaired) electrons. The van der Waals surface area contributed by atoms with Gasteiger partial charge in [0.05, 0.1) is 16.1 Å². The van der Waals surface area contributed by atoms with Gasteiger partial charge in [-0.2, -0.15) is 0 Å². The van der Waals surface area contributed by atoms with Gasteiger partial charge in [-0.05, 0) is 24.6 Å². The van der Waals surface area contributed by atoms with Gasteiger partial charge in [-0.15, -0.1) is 11.3 Å². The number of aryl methyl sites for hydroxylation is 1. The molecule has 1 N–H and O–H groups in total. The molecule has 3 aromatic rings. The van der Waals surface area contributed by atoms with Crippen LogP contribution in [0.25, 0.3) is 21.5 Å². The van der Waals surface area contributed by atoms with Crippen LogP contribution in [-0.4, -0.2) is 11.3 Å². The summed E-state index contributed by atoms with van der Waals surface area (Å²) in [6.45, 7) is 2.08. The van der Waals surface area contributed by atoms with Gasteiger partial charge in [0.25, 0.3) is 0 Å². The average molecular weight is 273 g/mol. The van der Waals surface area contributed by atoms with E-state index in [-0.39, 0.29) is 5.82 Å². The van der Waals surface area contributed by atoms with Gasteiger partial charge in [-0.25, -0.2) is 4.39 Å². The average Bonchev–Trinajstić information content (AvgIpc) is 3.02. The maximum atomic E-state index is 13.8. The van der Waals surface area contributed by atoms with Gasteiger partial charge in [0.15, 0.2) is 6.29 Å². The molecule has 19 heavy (non-hydrogen) atoms. The number of thiophene rings is 1. The molecule has 0 atom stereocenters. The van der Waals surface area contributed by atoms with Crippen molar-refractivity contribution in [2.75, 3.05) is 0 Å². The summed E-state index contributed by atoms with van der Waals surface area (Å²) in [7, 11) is 0. The van der Waals surface area contributed by atoms with E-state index >= 15 is 0 Å².